The third-order valence-corrected chi connectivity index (χ3v) is 4.55. The molecule has 0 bridgehead atoms. The van der Waals surface area contributed by atoms with Gasteiger partial charge in [-0.05, 0) is 12.1 Å². The van der Waals surface area contributed by atoms with E-state index in [1.165, 1.54) is 5.56 Å². The van der Waals surface area contributed by atoms with Gasteiger partial charge in [-0.25, -0.2) is 4.68 Å². The Kier molecular flexibility index (Phi) is 6.63. The summed E-state index contributed by atoms with van der Waals surface area (Å²) in [5.74, 6) is 0.284. The second-order valence-corrected chi connectivity index (χ2v) is 7.65. The highest BCUT2D eigenvalue weighted by Gasteiger charge is 2.25. The van der Waals surface area contributed by atoms with E-state index in [-0.39, 0.29) is 29.8 Å². The lowest BCUT2D eigenvalue weighted by Gasteiger charge is -2.18. The van der Waals surface area contributed by atoms with Crippen LogP contribution < -0.4 is 10.6 Å². The lowest BCUT2D eigenvalue weighted by molar-refractivity contribution is 0.146. The molecule has 2 heterocycles. The van der Waals surface area contributed by atoms with Crippen molar-refractivity contribution in [2.24, 2.45) is 5.92 Å². The number of nitrogens with zero attached hydrogens (tertiary/aromatic N) is 2. The Morgan fingerprint density at radius 1 is 1.24 bits per heavy atom. The average molecular weight is 365 g/mol. The first-order valence-electron chi connectivity index (χ1n) is 8.69. The minimum Gasteiger partial charge on any atom is -0.391 e. The van der Waals surface area contributed by atoms with Gasteiger partial charge in [0.1, 0.15) is 0 Å². The van der Waals surface area contributed by atoms with Gasteiger partial charge >= 0.3 is 0 Å². The Hall–Kier alpha value is -1.40. The average Bonchev–Trinajstić information content (AvgIpc) is 3.15. The molecule has 1 aromatic heterocycles. The number of rotatable bonds is 5. The van der Waals surface area contributed by atoms with Gasteiger partial charge in [0.25, 0.3) is 0 Å². The molecule has 138 valence electrons. The Labute approximate surface area is 156 Å². The first-order valence-corrected chi connectivity index (χ1v) is 8.69. The van der Waals surface area contributed by atoms with E-state index in [1.54, 1.807) is 0 Å². The molecule has 1 saturated heterocycles. The zero-order chi connectivity index (χ0) is 17.2. The van der Waals surface area contributed by atoms with Crippen LogP contribution in [0.25, 0.3) is 5.69 Å². The highest BCUT2D eigenvalue weighted by atomic mass is 35.5. The van der Waals surface area contributed by atoms with Crippen LogP contribution in [0.2, 0.25) is 0 Å². The van der Waals surface area contributed by atoms with Crippen molar-refractivity contribution in [2.45, 2.75) is 38.8 Å². The van der Waals surface area contributed by atoms with Crippen LogP contribution in [0.15, 0.2) is 36.5 Å². The molecule has 6 heteroatoms. The summed E-state index contributed by atoms with van der Waals surface area (Å²) < 4.78 is 1.96. The maximum atomic E-state index is 9.90. The molecule has 1 fully saturated rings. The van der Waals surface area contributed by atoms with Gasteiger partial charge < -0.3 is 15.7 Å². The van der Waals surface area contributed by atoms with E-state index in [9.17, 15) is 5.11 Å². The third kappa shape index (κ3) is 4.82. The van der Waals surface area contributed by atoms with Crippen LogP contribution in [-0.2, 0) is 12.0 Å². The van der Waals surface area contributed by atoms with Crippen molar-refractivity contribution >= 4 is 12.4 Å². The molecule has 1 aromatic carbocycles. The molecule has 0 aliphatic carbocycles. The molecule has 2 aromatic rings. The van der Waals surface area contributed by atoms with Crippen LogP contribution in [0, 0.1) is 5.92 Å². The van der Waals surface area contributed by atoms with Crippen molar-refractivity contribution in [1.29, 1.82) is 0 Å². The van der Waals surface area contributed by atoms with Crippen LogP contribution in [0.4, 0.5) is 0 Å². The Bertz CT molecular complexity index is 666. The first kappa shape index (κ1) is 19.9. The second kappa shape index (κ2) is 8.32. The molecule has 25 heavy (non-hydrogen) atoms. The van der Waals surface area contributed by atoms with Crippen molar-refractivity contribution in [2.75, 3.05) is 19.6 Å². The lowest BCUT2D eigenvalue weighted by atomic mass is 9.89. The Balaban J connectivity index is 0.00000225. The van der Waals surface area contributed by atoms with Gasteiger partial charge in [-0.1, -0.05) is 39.0 Å². The summed E-state index contributed by atoms with van der Waals surface area (Å²) in [7, 11) is 0. The van der Waals surface area contributed by atoms with Crippen LogP contribution in [0.1, 0.15) is 32.0 Å². The molecule has 5 nitrogen and oxygen atoms in total. The molecule has 0 spiro atoms. The number of hydrogen-bond donors (Lipinski definition) is 3. The van der Waals surface area contributed by atoms with Crippen LogP contribution in [0.5, 0.6) is 0 Å². The summed E-state index contributed by atoms with van der Waals surface area (Å²) in [6.45, 7) is 9.74. The van der Waals surface area contributed by atoms with Crippen molar-refractivity contribution in [3.63, 3.8) is 0 Å². The van der Waals surface area contributed by atoms with Crippen LogP contribution >= 0.6 is 12.4 Å². The second-order valence-electron chi connectivity index (χ2n) is 7.65. The predicted octanol–water partition coefficient (Wildman–Crippen LogP) is 2.26. The Morgan fingerprint density at radius 2 is 1.96 bits per heavy atom. The topological polar surface area (TPSA) is 62.1 Å². The highest BCUT2D eigenvalue weighted by Crippen LogP contribution is 2.25. The molecule has 2 unspecified atom stereocenters. The van der Waals surface area contributed by atoms with E-state index >= 15 is 0 Å². The van der Waals surface area contributed by atoms with Gasteiger partial charge in [-0.3, -0.25) is 0 Å². The number of hydrogen-bond acceptors (Lipinski definition) is 4. The highest BCUT2D eigenvalue weighted by molar-refractivity contribution is 5.85. The molecular weight excluding hydrogens is 336 g/mol. The summed E-state index contributed by atoms with van der Waals surface area (Å²) in [6.07, 6.45) is 1.87. The summed E-state index contributed by atoms with van der Waals surface area (Å²) in [5.41, 5.74) is 3.39. The van der Waals surface area contributed by atoms with Gasteiger partial charge in [0, 0.05) is 49.3 Å². The molecule has 3 N–H and O–H groups in total. The Morgan fingerprint density at radius 3 is 2.56 bits per heavy atom. The van der Waals surface area contributed by atoms with E-state index in [1.807, 2.05) is 22.9 Å². The number of para-hydroxylation sites is 1. The lowest BCUT2D eigenvalue weighted by Crippen LogP contribution is -2.30. The summed E-state index contributed by atoms with van der Waals surface area (Å²) in [6, 6.07) is 10.2. The van der Waals surface area contributed by atoms with E-state index in [4.69, 9.17) is 5.10 Å². The molecule has 0 saturated carbocycles. The number of aliphatic hydroxyl groups is 1. The first-order chi connectivity index (χ1) is 11.4. The molecule has 1 aliphatic rings. The quantitative estimate of drug-likeness (QED) is 0.761. The van der Waals surface area contributed by atoms with E-state index < -0.39 is 0 Å². The van der Waals surface area contributed by atoms with Gasteiger partial charge in [-0.2, -0.15) is 5.10 Å². The number of β-amino-alcohol motifs (C(OH)–C–C–N with tert-alkyl or cyclic N) is 1. The predicted molar refractivity (Wildman–Crippen MR) is 104 cm³/mol. The van der Waals surface area contributed by atoms with Crippen LogP contribution in [-0.4, -0.2) is 40.6 Å². The number of benzene rings is 1. The van der Waals surface area contributed by atoms with E-state index in [0.717, 1.165) is 31.0 Å². The maximum absolute atomic E-state index is 9.90. The monoisotopic (exact) mass is 364 g/mol. The smallest absolute Gasteiger partial charge is 0.0727 e. The van der Waals surface area contributed by atoms with Gasteiger partial charge in [-0.15, -0.1) is 12.4 Å². The summed E-state index contributed by atoms with van der Waals surface area (Å²) in [4.78, 5) is 0. The molecule has 3 rings (SSSR count). The van der Waals surface area contributed by atoms with Gasteiger partial charge in [0.15, 0.2) is 0 Å². The van der Waals surface area contributed by atoms with Gasteiger partial charge in [0.05, 0.1) is 17.5 Å². The minimum atomic E-state index is -0.244. The van der Waals surface area contributed by atoms with Crippen molar-refractivity contribution in [1.82, 2.24) is 20.4 Å². The maximum Gasteiger partial charge on any atom is 0.0727 e. The number of aliphatic hydroxyl groups excluding tert-OH is 1. The minimum absolute atomic E-state index is 0. The SMILES string of the molecule is CC(C)(C)c1nn(-c2ccccc2)cc1CNCC1CNCC1O.Cl. The molecule has 2 atom stereocenters. The van der Waals surface area contributed by atoms with E-state index in [2.05, 4.69) is 49.7 Å². The number of aromatic nitrogens is 2. The molecule has 0 amide bonds. The normalized spacial score (nSPS) is 20.5. The van der Waals surface area contributed by atoms with Crippen molar-refractivity contribution < 1.29 is 5.11 Å². The fourth-order valence-corrected chi connectivity index (χ4v) is 3.20. The number of halogens is 1. The fourth-order valence-electron chi connectivity index (χ4n) is 3.20. The summed E-state index contributed by atoms with van der Waals surface area (Å²) >= 11 is 0. The zero-order valence-corrected chi connectivity index (χ0v) is 16.0. The zero-order valence-electron chi connectivity index (χ0n) is 15.2. The third-order valence-electron chi connectivity index (χ3n) is 4.55. The fraction of sp³-hybridized carbons (Fsp3) is 0.526. The standard InChI is InChI=1S/C19H28N4O.ClH/c1-19(2,3)18-15(11-20-9-14-10-21-12-17(14)24)13-23(22-18)16-7-5-4-6-8-16;/h4-8,13-14,17,20-21,24H,9-12H2,1-3H3;1H. The van der Waals surface area contributed by atoms with Crippen LogP contribution in [0.3, 0.4) is 0 Å². The molecule has 0 radical (unpaired) electrons. The van der Waals surface area contributed by atoms with Crippen molar-refractivity contribution in [3.05, 3.63) is 47.8 Å². The van der Waals surface area contributed by atoms with Crippen molar-refractivity contribution in [3.8, 4) is 5.69 Å². The summed E-state index contributed by atoms with van der Waals surface area (Å²) in [5, 5.41) is 21.5. The van der Waals surface area contributed by atoms with E-state index in [0.29, 0.717) is 6.54 Å². The molecular formula is C19H29ClN4O. The molecule has 1 aliphatic heterocycles. The number of nitrogens with one attached hydrogen (secondary N) is 2. The van der Waals surface area contributed by atoms with Gasteiger partial charge in [0.2, 0.25) is 0 Å². The largest absolute Gasteiger partial charge is 0.391 e.